The Bertz CT molecular complexity index is 396. The maximum atomic E-state index is 10.6. The van der Waals surface area contributed by atoms with Gasteiger partial charge in [0.15, 0.2) is 0 Å². The third kappa shape index (κ3) is 4.63. The van der Waals surface area contributed by atoms with Crippen molar-refractivity contribution in [2.45, 2.75) is 31.8 Å². The fourth-order valence-corrected chi connectivity index (χ4v) is 2.06. The van der Waals surface area contributed by atoms with E-state index < -0.39 is 5.97 Å². The lowest BCUT2D eigenvalue weighted by molar-refractivity contribution is -0.143. The van der Waals surface area contributed by atoms with Gasteiger partial charge in [0.25, 0.3) is 0 Å². The number of carbonyl (C=O) groups is 1. The highest BCUT2D eigenvalue weighted by molar-refractivity contribution is 5.66. The molecule has 0 bridgehead atoms. The van der Waals surface area contributed by atoms with E-state index in [1.54, 1.807) is 0 Å². The van der Waals surface area contributed by atoms with Crippen LogP contribution < -0.4 is 5.32 Å². The van der Waals surface area contributed by atoms with E-state index in [0.29, 0.717) is 19.6 Å². The molecule has 1 heterocycles. The van der Waals surface area contributed by atoms with Crippen LogP contribution in [0.1, 0.15) is 18.4 Å². The van der Waals surface area contributed by atoms with Crippen molar-refractivity contribution in [2.24, 2.45) is 0 Å². The number of aliphatic carboxylic acids is 1. The summed E-state index contributed by atoms with van der Waals surface area (Å²) in [5.41, 5.74) is 1.09. The third-order valence-electron chi connectivity index (χ3n) is 3.03. The van der Waals surface area contributed by atoms with Crippen LogP contribution in [0, 0.1) is 0 Å². The lowest BCUT2D eigenvalue weighted by Gasteiger charge is -2.32. The van der Waals surface area contributed by atoms with Crippen molar-refractivity contribution < 1.29 is 19.4 Å². The lowest BCUT2D eigenvalue weighted by Crippen LogP contribution is -2.49. The molecule has 1 aliphatic rings. The smallest absolute Gasteiger partial charge is 0.303 e. The fourth-order valence-electron chi connectivity index (χ4n) is 2.06. The summed E-state index contributed by atoms with van der Waals surface area (Å²) < 4.78 is 11.4. The highest BCUT2D eigenvalue weighted by Gasteiger charge is 2.26. The summed E-state index contributed by atoms with van der Waals surface area (Å²) in [5, 5.41) is 11.9. The molecule has 0 radical (unpaired) electrons. The molecule has 2 rings (SSSR count). The molecule has 0 saturated carbocycles. The van der Waals surface area contributed by atoms with Crippen molar-refractivity contribution >= 4 is 5.97 Å². The first-order chi connectivity index (χ1) is 9.25. The Kier molecular flexibility index (Phi) is 5.32. The zero-order valence-electron chi connectivity index (χ0n) is 10.7. The summed E-state index contributed by atoms with van der Waals surface area (Å²) in [7, 11) is 0. The van der Waals surface area contributed by atoms with Crippen LogP contribution in [0.4, 0.5) is 0 Å². The van der Waals surface area contributed by atoms with Gasteiger partial charge in [-0.1, -0.05) is 30.3 Å². The Morgan fingerprint density at radius 1 is 1.42 bits per heavy atom. The van der Waals surface area contributed by atoms with Gasteiger partial charge in [-0.2, -0.15) is 0 Å². The van der Waals surface area contributed by atoms with Gasteiger partial charge in [0.1, 0.15) is 6.23 Å². The summed E-state index contributed by atoms with van der Waals surface area (Å²) in [6, 6.07) is 9.88. The molecule has 19 heavy (non-hydrogen) atoms. The Balaban J connectivity index is 1.83. The minimum absolute atomic E-state index is 0.0948. The van der Waals surface area contributed by atoms with E-state index in [1.807, 2.05) is 30.3 Å². The number of hydrogen-bond donors (Lipinski definition) is 2. The van der Waals surface area contributed by atoms with Gasteiger partial charge in [-0.3, -0.25) is 10.1 Å². The number of carboxylic acids is 1. The van der Waals surface area contributed by atoms with E-state index in [0.717, 1.165) is 12.1 Å². The van der Waals surface area contributed by atoms with Crippen molar-refractivity contribution in [3.05, 3.63) is 35.9 Å². The van der Waals surface area contributed by atoms with Crippen molar-refractivity contribution in [3.8, 4) is 0 Å². The van der Waals surface area contributed by atoms with Crippen molar-refractivity contribution in [3.63, 3.8) is 0 Å². The van der Waals surface area contributed by atoms with Gasteiger partial charge in [-0.15, -0.1) is 0 Å². The molecular weight excluding hydrogens is 246 g/mol. The Labute approximate surface area is 112 Å². The molecule has 0 aliphatic carbocycles. The molecule has 1 fully saturated rings. The number of benzene rings is 1. The first-order valence-corrected chi connectivity index (χ1v) is 6.48. The Morgan fingerprint density at radius 2 is 2.21 bits per heavy atom. The molecule has 1 aromatic carbocycles. The molecule has 2 atom stereocenters. The second-order valence-corrected chi connectivity index (χ2v) is 4.51. The van der Waals surface area contributed by atoms with Crippen molar-refractivity contribution in [1.29, 1.82) is 0 Å². The molecule has 0 spiro atoms. The minimum Gasteiger partial charge on any atom is -0.481 e. The number of hydrogen-bond acceptors (Lipinski definition) is 4. The molecular formula is C14H19NO4. The molecule has 5 nitrogen and oxygen atoms in total. The van der Waals surface area contributed by atoms with Crippen LogP contribution in [0.5, 0.6) is 0 Å². The molecule has 5 heteroatoms. The standard InChI is InChI=1S/C14H19NO4/c16-13(17)7-6-12-14(15-8-9-18-12)19-10-11-4-2-1-3-5-11/h1-5,12,14-15H,6-10H2,(H,16,17). The molecule has 0 aromatic heterocycles. The largest absolute Gasteiger partial charge is 0.481 e. The molecule has 1 aromatic rings. The van der Waals surface area contributed by atoms with Crippen LogP contribution in [0.15, 0.2) is 30.3 Å². The topological polar surface area (TPSA) is 67.8 Å². The number of ether oxygens (including phenoxy) is 2. The molecule has 1 aliphatic heterocycles. The van der Waals surface area contributed by atoms with Gasteiger partial charge in [-0.05, 0) is 12.0 Å². The van der Waals surface area contributed by atoms with E-state index in [2.05, 4.69) is 5.32 Å². The molecule has 2 N–H and O–H groups in total. The van der Waals surface area contributed by atoms with Gasteiger partial charge in [0, 0.05) is 13.0 Å². The summed E-state index contributed by atoms with van der Waals surface area (Å²) in [4.78, 5) is 10.6. The minimum atomic E-state index is -0.809. The average Bonchev–Trinajstić information content (AvgIpc) is 2.45. The van der Waals surface area contributed by atoms with Crippen molar-refractivity contribution in [1.82, 2.24) is 5.32 Å². The number of carboxylic acid groups (broad SMARTS) is 1. The summed E-state index contributed by atoms with van der Waals surface area (Å²) in [6.07, 6.45) is 0.112. The predicted molar refractivity (Wildman–Crippen MR) is 69.6 cm³/mol. The summed E-state index contributed by atoms with van der Waals surface area (Å²) in [5.74, 6) is -0.809. The number of nitrogens with one attached hydrogen (secondary N) is 1. The van der Waals surface area contributed by atoms with E-state index in [1.165, 1.54) is 0 Å². The Morgan fingerprint density at radius 3 is 2.95 bits per heavy atom. The van der Waals surface area contributed by atoms with Crippen LogP contribution in [0.2, 0.25) is 0 Å². The lowest BCUT2D eigenvalue weighted by atomic mass is 10.1. The molecule has 2 unspecified atom stereocenters. The maximum absolute atomic E-state index is 10.6. The van der Waals surface area contributed by atoms with Gasteiger partial charge in [-0.25, -0.2) is 0 Å². The van der Waals surface area contributed by atoms with Gasteiger partial charge < -0.3 is 14.6 Å². The van der Waals surface area contributed by atoms with E-state index >= 15 is 0 Å². The first kappa shape index (κ1) is 14.0. The highest BCUT2D eigenvalue weighted by Crippen LogP contribution is 2.14. The van der Waals surface area contributed by atoms with Gasteiger partial charge >= 0.3 is 5.97 Å². The maximum Gasteiger partial charge on any atom is 0.303 e. The van der Waals surface area contributed by atoms with Crippen LogP contribution in [0.25, 0.3) is 0 Å². The zero-order chi connectivity index (χ0) is 13.5. The van der Waals surface area contributed by atoms with E-state index in [-0.39, 0.29) is 18.8 Å². The summed E-state index contributed by atoms with van der Waals surface area (Å²) in [6.45, 7) is 1.81. The van der Waals surface area contributed by atoms with Crippen LogP contribution in [0.3, 0.4) is 0 Å². The van der Waals surface area contributed by atoms with Gasteiger partial charge in [0.05, 0.1) is 19.3 Å². The first-order valence-electron chi connectivity index (χ1n) is 6.48. The SMILES string of the molecule is O=C(O)CCC1OCCNC1OCc1ccccc1. The third-order valence-corrected chi connectivity index (χ3v) is 3.03. The van der Waals surface area contributed by atoms with E-state index in [4.69, 9.17) is 14.6 Å². The fraction of sp³-hybridized carbons (Fsp3) is 0.500. The zero-order valence-corrected chi connectivity index (χ0v) is 10.7. The van der Waals surface area contributed by atoms with Crippen LogP contribution >= 0.6 is 0 Å². The number of morpholine rings is 1. The molecule has 104 valence electrons. The quantitative estimate of drug-likeness (QED) is 0.813. The van der Waals surface area contributed by atoms with Gasteiger partial charge in [0.2, 0.25) is 0 Å². The predicted octanol–water partition coefficient (Wildman–Crippen LogP) is 1.38. The summed E-state index contributed by atoms with van der Waals surface area (Å²) >= 11 is 0. The monoisotopic (exact) mass is 265 g/mol. The second-order valence-electron chi connectivity index (χ2n) is 4.51. The molecule has 1 saturated heterocycles. The highest BCUT2D eigenvalue weighted by atomic mass is 16.6. The van der Waals surface area contributed by atoms with Crippen molar-refractivity contribution in [2.75, 3.05) is 13.2 Å². The second kappa shape index (κ2) is 7.23. The van der Waals surface area contributed by atoms with Crippen LogP contribution in [-0.4, -0.2) is 36.6 Å². The molecule has 0 amide bonds. The normalized spacial score (nSPS) is 23.2. The number of rotatable bonds is 6. The van der Waals surface area contributed by atoms with Crippen LogP contribution in [-0.2, 0) is 20.9 Å². The Hall–Kier alpha value is -1.43. The average molecular weight is 265 g/mol. The van der Waals surface area contributed by atoms with E-state index in [9.17, 15) is 4.79 Å².